The van der Waals surface area contributed by atoms with Crippen LogP contribution in [0.5, 0.6) is 0 Å². The maximum Gasteiger partial charge on any atom is 0.331 e. The van der Waals surface area contributed by atoms with E-state index in [4.69, 9.17) is 5.11 Å². The number of benzene rings is 1. The maximum atomic E-state index is 10.0. The van der Waals surface area contributed by atoms with E-state index in [1.807, 2.05) is 36.4 Å². The molecule has 0 spiro atoms. The van der Waals surface area contributed by atoms with E-state index in [0.717, 1.165) is 6.92 Å². The molecule has 0 heterocycles. The minimum absolute atomic E-state index is 1.08. The molecule has 0 amide bonds. The monoisotopic (exact) mass is 213 g/mol. The SMILES string of the molecule is CC(O)C(=O)O[N+](=O)[O-].c1ccccc1. The zero-order valence-electron chi connectivity index (χ0n) is 8.07. The summed E-state index contributed by atoms with van der Waals surface area (Å²) < 4.78 is 0. The van der Waals surface area contributed by atoms with Crippen LogP contribution in [0.1, 0.15) is 6.92 Å². The van der Waals surface area contributed by atoms with E-state index in [-0.39, 0.29) is 0 Å². The van der Waals surface area contributed by atoms with Crippen LogP contribution >= 0.6 is 0 Å². The summed E-state index contributed by atoms with van der Waals surface area (Å²) in [4.78, 5) is 22.7. The lowest BCUT2D eigenvalue weighted by molar-refractivity contribution is -0.730. The van der Waals surface area contributed by atoms with Gasteiger partial charge in [0.15, 0.2) is 0 Å². The highest BCUT2D eigenvalue weighted by Crippen LogP contribution is 1.85. The first-order valence-electron chi connectivity index (χ1n) is 4.08. The third-order valence-corrected chi connectivity index (χ3v) is 1.17. The van der Waals surface area contributed by atoms with E-state index in [0.29, 0.717) is 0 Å². The fourth-order valence-corrected chi connectivity index (χ4v) is 0.535. The number of aliphatic hydroxyl groups excluding tert-OH is 1. The van der Waals surface area contributed by atoms with Gasteiger partial charge in [0.2, 0.25) is 0 Å². The Morgan fingerprint density at radius 1 is 1.27 bits per heavy atom. The second kappa shape index (κ2) is 7.45. The van der Waals surface area contributed by atoms with Crippen LogP contribution < -0.4 is 0 Å². The van der Waals surface area contributed by atoms with Crippen LogP contribution in [-0.4, -0.2) is 22.3 Å². The van der Waals surface area contributed by atoms with Gasteiger partial charge in [-0.25, -0.2) is 4.84 Å². The first kappa shape index (κ1) is 13.1. The van der Waals surface area contributed by atoms with Gasteiger partial charge < -0.3 is 5.11 Å². The highest BCUT2D eigenvalue weighted by Gasteiger charge is 2.12. The van der Waals surface area contributed by atoms with Gasteiger partial charge in [0.1, 0.15) is 6.10 Å². The summed E-state index contributed by atoms with van der Waals surface area (Å²) in [5.41, 5.74) is 0. The van der Waals surface area contributed by atoms with E-state index >= 15 is 0 Å². The molecule has 0 fully saturated rings. The van der Waals surface area contributed by atoms with E-state index in [1.54, 1.807) is 0 Å². The molecule has 0 radical (unpaired) electrons. The predicted octanol–water partition coefficient (Wildman–Crippen LogP) is 0.789. The van der Waals surface area contributed by atoms with Crippen LogP contribution in [0.15, 0.2) is 36.4 Å². The Morgan fingerprint density at radius 2 is 1.60 bits per heavy atom. The fraction of sp³-hybridized carbons (Fsp3) is 0.222. The van der Waals surface area contributed by atoms with Gasteiger partial charge in [-0.05, 0) is 6.92 Å². The number of hydrogen-bond donors (Lipinski definition) is 1. The summed E-state index contributed by atoms with van der Waals surface area (Å²) >= 11 is 0. The second-order valence-electron chi connectivity index (χ2n) is 2.46. The van der Waals surface area contributed by atoms with Crippen molar-refractivity contribution in [3.8, 4) is 0 Å². The van der Waals surface area contributed by atoms with Crippen LogP contribution in [0, 0.1) is 10.1 Å². The van der Waals surface area contributed by atoms with Crippen molar-refractivity contribution in [2.75, 3.05) is 0 Å². The van der Waals surface area contributed by atoms with Crippen molar-refractivity contribution < 1.29 is 19.8 Å². The maximum absolute atomic E-state index is 10.0. The summed E-state index contributed by atoms with van der Waals surface area (Å²) in [5.74, 6) is -1.26. The average Bonchev–Trinajstić information content (AvgIpc) is 2.20. The number of aliphatic hydroxyl groups is 1. The lowest BCUT2D eigenvalue weighted by Crippen LogP contribution is -2.21. The van der Waals surface area contributed by atoms with Gasteiger partial charge >= 0.3 is 11.1 Å². The van der Waals surface area contributed by atoms with Crippen LogP contribution in [0.2, 0.25) is 0 Å². The highest BCUT2D eigenvalue weighted by atomic mass is 17.0. The standard InChI is InChI=1S/C6H6.C3H5NO5/c1-2-4-6-5-3-1;1-2(5)3(6)9-4(7)8/h1-6H;2,5H,1H3. The molecule has 0 aliphatic rings. The first-order chi connectivity index (χ1) is 7.04. The molecule has 0 bridgehead atoms. The summed E-state index contributed by atoms with van der Waals surface area (Å²) in [6, 6.07) is 12.0. The van der Waals surface area contributed by atoms with Crippen molar-refractivity contribution in [2.45, 2.75) is 13.0 Å². The Bertz CT molecular complexity index is 272. The molecule has 1 aromatic carbocycles. The molecule has 1 N–H and O–H groups in total. The fourth-order valence-electron chi connectivity index (χ4n) is 0.535. The molecule has 1 unspecified atom stereocenters. The largest absolute Gasteiger partial charge is 0.383 e. The first-order valence-corrected chi connectivity index (χ1v) is 4.08. The number of carbonyl (C=O) groups excluding carboxylic acids is 1. The summed E-state index contributed by atoms with van der Waals surface area (Å²) in [7, 11) is 0. The summed E-state index contributed by atoms with van der Waals surface area (Å²) in [5, 5.41) is 16.4. The number of hydrogen-bond acceptors (Lipinski definition) is 5. The molecule has 6 nitrogen and oxygen atoms in total. The Balaban J connectivity index is 0.000000280. The molecular formula is C9H11NO5. The molecule has 82 valence electrons. The molecule has 1 atom stereocenters. The minimum Gasteiger partial charge on any atom is -0.383 e. The zero-order valence-corrected chi connectivity index (χ0v) is 8.07. The third kappa shape index (κ3) is 8.38. The Morgan fingerprint density at radius 3 is 1.73 bits per heavy atom. The van der Waals surface area contributed by atoms with E-state index in [1.165, 1.54) is 0 Å². The average molecular weight is 213 g/mol. The lowest BCUT2D eigenvalue weighted by atomic mass is 10.4. The molecule has 0 aliphatic heterocycles. The van der Waals surface area contributed by atoms with Gasteiger partial charge in [0.25, 0.3) is 0 Å². The van der Waals surface area contributed by atoms with E-state index < -0.39 is 17.2 Å². The molecule has 0 saturated heterocycles. The zero-order chi connectivity index (χ0) is 11.7. The van der Waals surface area contributed by atoms with Gasteiger partial charge in [-0.15, -0.1) is 10.1 Å². The molecule has 0 aliphatic carbocycles. The number of carbonyl (C=O) groups is 1. The van der Waals surface area contributed by atoms with Crippen LogP contribution in [-0.2, 0) is 9.63 Å². The minimum atomic E-state index is -1.45. The van der Waals surface area contributed by atoms with Crippen molar-refractivity contribution in [3.63, 3.8) is 0 Å². The van der Waals surface area contributed by atoms with Crippen LogP contribution in [0.4, 0.5) is 0 Å². The quantitative estimate of drug-likeness (QED) is 0.579. The summed E-state index contributed by atoms with van der Waals surface area (Å²) in [6.45, 7) is 1.08. The molecular weight excluding hydrogens is 202 g/mol. The second-order valence-corrected chi connectivity index (χ2v) is 2.46. The van der Waals surface area contributed by atoms with Gasteiger partial charge in [-0.2, -0.15) is 0 Å². The molecule has 0 aromatic heterocycles. The van der Waals surface area contributed by atoms with Gasteiger partial charge in [-0.3, -0.25) is 4.79 Å². The molecule has 15 heavy (non-hydrogen) atoms. The van der Waals surface area contributed by atoms with Gasteiger partial charge in [0, 0.05) is 0 Å². The highest BCUT2D eigenvalue weighted by molar-refractivity contribution is 5.72. The smallest absolute Gasteiger partial charge is 0.331 e. The van der Waals surface area contributed by atoms with Crippen molar-refractivity contribution >= 4 is 5.97 Å². The van der Waals surface area contributed by atoms with Crippen LogP contribution in [0.3, 0.4) is 0 Å². The van der Waals surface area contributed by atoms with E-state index in [2.05, 4.69) is 4.84 Å². The molecule has 6 heteroatoms. The Kier molecular flexibility index (Phi) is 6.48. The van der Waals surface area contributed by atoms with Crippen molar-refractivity contribution in [1.29, 1.82) is 0 Å². The normalized spacial score (nSPS) is 10.5. The Hall–Kier alpha value is -1.95. The Labute approximate surface area is 86.2 Å². The molecule has 0 saturated carbocycles. The topological polar surface area (TPSA) is 89.7 Å². The summed E-state index contributed by atoms with van der Waals surface area (Å²) in [6.07, 6.45) is -1.45. The lowest BCUT2D eigenvalue weighted by Gasteiger charge is -1.96. The van der Waals surface area contributed by atoms with Gasteiger partial charge in [-0.1, -0.05) is 36.4 Å². The molecule has 1 rings (SSSR count). The van der Waals surface area contributed by atoms with Gasteiger partial charge in [0.05, 0.1) is 0 Å². The number of rotatable bonds is 2. The third-order valence-electron chi connectivity index (χ3n) is 1.17. The predicted molar refractivity (Wildman–Crippen MR) is 51.2 cm³/mol. The van der Waals surface area contributed by atoms with Crippen LogP contribution in [0.25, 0.3) is 0 Å². The number of nitrogens with zero attached hydrogens (tertiary/aromatic N) is 1. The van der Waals surface area contributed by atoms with E-state index in [9.17, 15) is 14.9 Å². The molecule has 1 aromatic rings. The van der Waals surface area contributed by atoms with Crippen molar-refractivity contribution in [2.24, 2.45) is 0 Å². The van der Waals surface area contributed by atoms with Crippen molar-refractivity contribution in [1.82, 2.24) is 0 Å². The van der Waals surface area contributed by atoms with Crippen molar-refractivity contribution in [3.05, 3.63) is 46.5 Å².